The van der Waals surface area contributed by atoms with Gasteiger partial charge in [-0.2, -0.15) is 0 Å². The molecular formula is C22H23ClN2O3. The second-order valence-electron chi connectivity index (χ2n) is 7.35. The number of rotatable bonds is 3. The van der Waals surface area contributed by atoms with Crippen LogP contribution >= 0.6 is 11.6 Å². The molecular weight excluding hydrogens is 376 g/mol. The van der Waals surface area contributed by atoms with E-state index in [2.05, 4.69) is 4.98 Å². The fourth-order valence-electron chi connectivity index (χ4n) is 3.70. The van der Waals surface area contributed by atoms with Crippen LogP contribution in [0.15, 0.2) is 42.5 Å². The predicted octanol–water partition coefficient (Wildman–Crippen LogP) is 4.09. The third-order valence-corrected chi connectivity index (χ3v) is 5.72. The number of amides is 1. The van der Waals surface area contributed by atoms with Crippen LogP contribution in [0, 0.1) is 13.8 Å². The number of benzene rings is 2. The number of piperidine rings is 1. The van der Waals surface area contributed by atoms with Gasteiger partial charge in [-0.15, -0.1) is 0 Å². The van der Waals surface area contributed by atoms with Crippen molar-refractivity contribution in [3.63, 3.8) is 0 Å². The van der Waals surface area contributed by atoms with Crippen molar-refractivity contribution in [1.29, 1.82) is 0 Å². The normalized spacial score (nSPS) is 19.8. The zero-order valence-corrected chi connectivity index (χ0v) is 16.7. The van der Waals surface area contributed by atoms with E-state index in [1.54, 1.807) is 29.2 Å². The summed E-state index contributed by atoms with van der Waals surface area (Å²) in [6, 6.07) is 12.8. The molecule has 1 aromatic heterocycles. The van der Waals surface area contributed by atoms with Gasteiger partial charge in [0.25, 0.3) is 5.91 Å². The van der Waals surface area contributed by atoms with E-state index in [1.165, 1.54) is 0 Å². The van der Waals surface area contributed by atoms with Crippen LogP contribution in [0.2, 0.25) is 5.02 Å². The van der Waals surface area contributed by atoms with Crippen molar-refractivity contribution in [2.75, 3.05) is 13.1 Å². The third kappa shape index (κ3) is 3.60. The molecule has 2 atom stereocenters. The van der Waals surface area contributed by atoms with Crippen LogP contribution in [-0.2, 0) is 0 Å². The number of β-amino-alcohol motifs (C(OH)–C–C–N with tert-alkyl or cyclic N) is 1. The smallest absolute Gasteiger partial charge is 0.253 e. The average Bonchev–Trinajstić information content (AvgIpc) is 2.98. The van der Waals surface area contributed by atoms with E-state index < -0.39 is 6.10 Å². The van der Waals surface area contributed by atoms with Gasteiger partial charge in [-0.3, -0.25) is 4.79 Å². The summed E-state index contributed by atoms with van der Waals surface area (Å²) in [6.45, 7) is 4.86. The van der Waals surface area contributed by atoms with Gasteiger partial charge in [-0.25, -0.2) is 0 Å². The van der Waals surface area contributed by atoms with Gasteiger partial charge in [0.2, 0.25) is 0 Å². The minimum Gasteiger partial charge on any atom is -0.488 e. The SMILES string of the molecule is Cc1[nH]c2ccc(C(=O)N3CC[C@@H](Oc4ccc(Cl)cc4)[C@H](O)C3)cc2c1C. The van der Waals surface area contributed by atoms with E-state index in [0.717, 1.165) is 22.2 Å². The molecule has 3 aromatic rings. The van der Waals surface area contributed by atoms with Crippen molar-refractivity contribution in [2.45, 2.75) is 32.5 Å². The summed E-state index contributed by atoms with van der Waals surface area (Å²) in [5.41, 5.74) is 3.93. The van der Waals surface area contributed by atoms with E-state index in [-0.39, 0.29) is 18.6 Å². The number of aromatic nitrogens is 1. The number of hydrogen-bond acceptors (Lipinski definition) is 3. The summed E-state index contributed by atoms with van der Waals surface area (Å²) < 4.78 is 5.88. The minimum absolute atomic E-state index is 0.0656. The van der Waals surface area contributed by atoms with Crippen LogP contribution in [0.1, 0.15) is 28.0 Å². The number of aryl methyl sites for hydroxylation is 2. The molecule has 0 bridgehead atoms. The van der Waals surface area contributed by atoms with E-state index >= 15 is 0 Å². The molecule has 2 aromatic carbocycles. The van der Waals surface area contributed by atoms with Crippen LogP contribution in [0.5, 0.6) is 5.75 Å². The Morgan fingerprint density at radius 3 is 2.68 bits per heavy atom. The molecule has 0 saturated carbocycles. The van der Waals surface area contributed by atoms with Crippen molar-refractivity contribution in [2.24, 2.45) is 0 Å². The first-order valence-electron chi connectivity index (χ1n) is 9.41. The van der Waals surface area contributed by atoms with Gasteiger partial charge in [-0.1, -0.05) is 11.6 Å². The fraction of sp³-hybridized carbons (Fsp3) is 0.318. The van der Waals surface area contributed by atoms with Crippen LogP contribution < -0.4 is 4.74 Å². The lowest BCUT2D eigenvalue weighted by atomic mass is 10.0. The molecule has 4 rings (SSSR count). The molecule has 2 N–H and O–H groups in total. The van der Waals surface area contributed by atoms with Crippen LogP contribution in [0.3, 0.4) is 0 Å². The number of aliphatic hydroxyl groups is 1. The highest BCUT2D eigenvalue weighted by molar-refractivity contribution is 6.30. The lowest BCUT2D eigenvalue weighted by Crippen LogP contribution is -2.51. The highest BCUT2D eigenvalue weighted by Crippen LogP contribution is 2.25. The number of H-pyrrole nitrogens is 1. The first-order valence-corrected chi connectivity index (χ1v) is 9.78. The second-order valence-corrected chi connectivity index (χ2v) is 7.79. The van der Waals surface area contributed by atoms with Crippen molar-refractivity contribution in [3.8, 4) is 5.75 Å². The van der Waals surface area contributed by atoms with Crippen LogP contribution in [-0.4, -0.2) is 46.2 Å². The Labute approximate surface area is 168 Å². The number of aromatic amines is 1. The maximum absolute atomic E-state index is 13.0. The van der Waals surface area contributed by atoms with E-state index in [4.69, 9.17) is 16.3 Å². The summed E-state index contributed by atoms with van der Waals surface area (Å²) in [5.74, 6) is 0.598. The lowest BCUT2D eigenvalue weighted by Gasteiger charge is -2.36. The van der Waals surface area contributed by atoms with Gasteiger partial charge in [0.15, 0.2) is 0 Å². The lowest BCUT2D eigenvalue weighted by molar-refractivity contribution is -0.0198. The zero-order valence-electron chi connectivity index (χ0n) is 15.9. The largest absolute Gasteiger partial charge is 0.488 e. The summed E-state index contributed by atoms with van der Waals surface area (Å²) in [7, 11) is 0. The number of carbonyl (C=O) groups is 1. The van der Waals surface area contributed by atoms with E-state index in [1.807, 2.05) is 32.0 Å². The number of carbonyl (C=O) groups excluding carboxylic acids is 1. The van der Waals surface area contributed by atoms with Gasteiger partial charge in [0, 0.05) is 40.1 Å². The third-order valence-electron chi connectivity index (χ3n) is 5.46. The standard InChI is InChI=1S/C22H23ClN2O3/c1-13-14(2)24-19-8-3-15(11-18(13)19)22(27)25-10-9-21(20(26)12-25)28-17-6-4-16(23)5-7-17/h3-8,11,20-21,24,26H,9-10,12H2,1-2H3/t20-,21-/m1/s1. The van der Waals surface area contributed by atoms with Gasteiger partial charge in [0.1, 0.15) is 18.0 Å². The molecule has 0 radical (unpaired) electrons. The molecule has 1 amide bonds. The summed E-state index contributed by atoms with van der Waals surface area (Å²) in [4.78, 5) is 18.0. The molecule has 6 heteroatoms. The number of nitrogens with one attached hydrogen (secondary N) is 1. The predicted molar refractivity (Wildman–Crippen MR) is 110 cm³/mol. The van der Waals surface area contributed by atoms with Gasteiger partial charge in [-0.05, 0) is 61.9 Å². The molecule has 5 nitrogen and oxygen atoms in total. The first kappa shape index (κ1) is 18.8. The Kier molecular flexibility index (Phi) is 5.04. The molecule has 28 heavy (non-hydrogen) atoms. The zero-order chi connectivity index (χ0) is 19.8. The number of fused-ring (bicyclic) bond motifs is 1. The molecule has 0 spiro atoms. The monoisotopic (exact) mass is 398 g/mol. The molecule has 146 valence electrons. The molecule has 1 saturated heterocycles. The maximum atomic E-state index is 13.0. The van der Waals surface area contributed by atoms with Crippen LogP contribution in [0.25, 0.3) is 10.9 Å². The molecule has 0 aliphatic carbocycles. The Hall–Kier alpha value is -2.50. The number of ether oxygens (including phenoxy) is 1. The summed E-state index contributed by atoms with van der Waals surface area (Å²) in [6.07, 6.45) is -0.518. The molecule has 1 aliphatic heterocycles. The Morgan fingerprint density at radius 2 is 1.96 bits per heavy atom. The number of aliphatic hydroxyl groups excluding tert-OH is 1. The Bertz CT molecular complexity index is 1010. The fourth-order valence-corrected chi connectivity index (χ4v) is 3.82. The highest BCUT2D eigenvalue weighted by atomic mass is 35.5. The van der Waals surface area contributed by atoms with Crippen molar-refractivity contribution >= 4 is 28.4 Å². The number of likely N-dealkylation sites (tertiary alicyclic amines) is 1. The second kappa shape index (κ2) is 7.49. The summed E-state index contributed by atoms with van der Waals surface area (Å²) in [5, 5.41) is 12.2. The summed E-state index contributed by atoms with van der Waals surface area (Å²) >= 11 is 5.89. The van der Waals surface area contributed by atoms with Crippen molar-refractivity contribution in [1.82, 2.24) is 9.88 Å². The minimum atomic E-state index is -0.742. The van der Waals surface area contributed by atoms with E-state index in [9.17, 15) is 9.90 Å². The van der Waals surface area contributed by atoms with Gasteiger partial charge < -0.3 is 19.7 Å². The number of hydrogen-bond donors (Lipinski definition) is 2. The molecule has 0 unspecified atom stereocenters. The maximum Gasteiger partial charge on any atom is 0.253 e. The molecule has 1 fully saturated rings. The quantitative estimate of drug-likeness (QED) is 0.698. The average molecular weight is 399 g/mol. The first-order chi connectivity index (χ1) is 13.4. The van der Waals surface area contributed by atoms with Crippen molar-refractivity contribution < 1.29 is 14.6 Å². The van der Waals surface area contributed by atoms with E-state index in [0.29, 0.717) is 29.3 Å². The molecule has 2 heterocycles. The van der Waals surface area contributed by atoms with Crippen molar-refractivity contribution in [3.05, 3.63) is 64.3 Å². The Morgan fingerprint density at radius 1 is 1.21 bits per heavy atom. The van der Waals surface area contributed by atoms with Gasteiger partial charge in [0.05, 0.1) is 6.54 Å². The Balaban J connectivity index is 1.45. The topological polar surface area (TPSA) is 65.6 Å². The molecule has 1 aliphatic rings. The van der Waals surface area contributed by atoms with Crippen LogP contribution in [0.4, 0.5) is 0 Å². The van der Waals surface area contributed by atoms with Gasteiger partial charge >= 0.3 is 0 Å². The highest BCUT2D eigenvalue weighted by Gasteiger charge is 2.32. The number of nitrogens with zero attached hydrogens (tertiary/aromatic N) is 1. The number of halogens is 1.